The van der Waals surface area contributed by atoms with Gasteiger partial charge in [-0.2, -0.15) is 4.31 Å². The summed E-state index contributed by atoms with van der Waals surface area (Å²) in [5.41, 5.74) is 0. The zero-order chi connectivity index (χ0) is 15.7. The second-order valence-corrected chi connectivity index (χ2v) is 7.78. The molecule has 2 heterocycles. The molecule has 0 spiro atoms. The van der Waals surface area contributed by atoms with Crippen molar-refractivity contribution in [2.75, 3.05) is 26.3 Å². The summed E-state index contributed by atoms with van der Waals surface area (Å²) < 4.78 is 38.6. The van der Waals surface area contributed by atoms with Crippen molar-refractivity contribution < 1.29 is 17.9 Å². The van der Waals surface area contributed by atoms with Crippen LogP contribution in [0.25, 0.3) is 0 Å². The lowest BCUT2D eigenvalue weighted by Gasteiger charge is -2.36. The SMILES string of the molecule is CC1CN(S(=O)(=O)c2ccc3c(c2)OCCCO3)C(C)CN1. The van der Waals surface area contributed by atoms with Gasteiger partial charge in [-0.3, -0.25) is 0 Å². The summed E-state index contributed by atoms with van der Waals surface area (Å²) in [7, 11) is -3.53. The van der Waals surface area contributed by atoms with E-state index in [-0.39, 0.29) is 17.0 Å². The van der Waals surface area contributed by atoms with Crippen molar-refractivity contribution in [1.82, 2.24) is 9.62 Å². The molecule has 0 aliphatic carbocycles. The number of rotatable bonds is 2. The second kappa shape index (κ2) is 6.06. The van der Waals surface area contributed by atoms with E-state index < -0.39 is 10.0 Å². The highest BCUT2D eigenvalue weighted by atomic mass is 32.2. The van der Waals surface area contributed by atoms with Gasteiger partial charge in [0, 0.05) is 37.7 Å². The van der Waals surface area contributed by atoms with Gasteiger partial charge in [0.05, 0.1) is 18.1 Å². The van der Waals surface area contributed by atoms with E-state index in [1.54, 1.807) is 22.5 Å². The van der Waals surface area contributed by atoms with Crippen LogP contribution in [-0.2, 0) is 10.0 Å². The van der Waals surface area contributed by atoms with E-state index in [0.717, 1.165) is 6.42 Å². The summed E-state index contributed by atoms with van der Waals surface area (Å²) in [5, 5.41) is 3.29. The van der Waals surface area contributed by atoms with E-state index in [1.165, 1.54) is 0 Å². The fraction of sp³-hybridized carbons (Fsp3) is 0.600. The smallest absolute Gasteiger partial charge is 0.243 e. The minimum Gasteiger partial charge on any atom is -0.490 e. The summed E-state index contributed by atoms with van der Waals surface area (Å²) >= 11 is 0. The summed E-state index contributed by atoms with van der Waals surface area (Å²) in [4.78, 5) is 0.262. The van der Waals surface area contributed by atoms with Crippen molar-refractivity contribution >= 4 is 10.0 Å². The molecule has 0 aromatic heterocycles. The normalized spacial score (nSPS) is 26.5. The molecular weight excluding hydrogens is 304 g/mol. The molecule has 122 valence electrons. The molecule has 1 aromatic carbocycles. The lowest BCUT2D eigenvalue weighted by molar-refractivity contribution is 0.244. The van der Waals surface area contributed by atoms with Crippen molar-refractivity contribution in [3.05, 3.63) is 18.2 Å². The third-order valence-electron chi connectivity index (χ3n) is 4.03. The molecule has 1 saturated heterocycles. The van der Waals surface area contributed by atoms with Gasteiger partial charge in [-0.05, 0) is 26.0 Å². The summed E-state index contributed by atoms with van der Waals surface area (Å²) in [6, 6.07) is 4.94. The Kier molecular flexibility index (Phi) is 4.29. The van der Waals surface area contributed by atoms with Crippen molar-refractivity contribution in [3.63, 3.8) is 0 Å². The number of piperazine rings is 1. The highest BCUT2D eigenvalue weighted by Gasteiger charge is 2.34. The minimum absolute atomic E-state index is 0.0721. The maximum atomic E-state index is 12.9. The van der Waals surface area contributed by atoms with E-state index in [1.807, 2.05) is 13.8 Å². The lowest BCUT2D eigenvalue weighted by atomic mass is 10.2. The molecule has 1 aromatic rings. The van der Waals surface area contributed by atoms with Crippen LogP contribution in [0.1, 0.15) is 20.3 Å². The van der Waals surface area contributed by atoms with Crippen LogP contribution in [0, 0.1) is 0 Å². The minimum atomic E-state index is -3.53. The molecule has 22 heavy (non-hydrogen) atoms. The Morgan fingerprint density at radius 1 is 1.18 bits per heavy atom. The van der Waals surface area contributed by atoms with Gasteiger partial charge in [0.2, 0.25) is 10.0 Å². The summed E-state index contributed by atoms with van der Waals surface area (Å²) in [6.45, 7) is 6.16. The summed E-state index contributed by atoms with van der Waals surface area (Å²) in [6.07, 6.45) is 0.795. The maximum absolute atomic E-state index is 12.9. The van der Waals surface area contributed by atoms with Gasteiger partial charge in [-0.25, -0.2) is 8.42 Å². The molecule has 1 N–H and O–H groups in total. The first-order chi connectivity index (χ1) is 10.5. The van der Waals surface area contributed by atoms with Crippen molar-refractivity contribution in [2.45, 2.75) is 37.2 Å². The highest BCUT2D eigenvalue weighted by Crippen LogP contribution is 2.33. The Morgan fingerprint density at radius 2 is 1.91 bits per heavy atom. The van der Waals surface area contributed by atoms with E-state index >= 15 is 0 Å². The molecule has 2 unspecified atom stereocenters. The zero-order valence-electron chi connectivity index (χ0n) is 12.9. The number of fused-ring (bicyclic) bond motifs is 1. The van der Waals surface area contributed by atoms with Gasteiger partial charge in [-0.1, -0.05) is 0 Å². The molecule has 7 heteroatoms. The largest absolute Gasteiger partial charge is 0.490 e. The number of hydrogen-bond acceptors (Lipinski definition) is 5. The fourth-order valence-electron chi connectivity index (χ4n) is 2.76. The monoisotopic (exact) mass is 326 g/mol. The summed E-state index contributed by atoms with van der Waals surface area (Å²) in [5.74, 6) is 1.12. The predicted molar refractivity (Wildman–Crippen MR) is 82.9 cm³/mol. The molecule has 0 saturated carbocycles. The standard InChI is InChI=1S/C15H22N2O4S/c1-11-10-17(12(2)9-16-11)22(18,19)13-4-5-14-15(8-13)21-7-3-6-20-14/h4-5,8,11-12,16H,3,6-7,9-10H2,1-2H3. The maximum Gasteiger partial charge on any atom is 0.243 e. The Balaban J connectivity index is 1.93. The number of ether oxygens (including phenoxy) is 2. The van der Waals surface area contributed by atoms with Crippen LogP contribution in [0.4, 0.5) is 0 Å². The van der Waals surface area contributed by atoms with Gasteiger partial charge in [0.25, 0.3) is 0 Å². The van der Waals surface area contributed by atoms with Crippen molar-refractivity contribution in [3.8, 4) is 11.5 Å². The van der Waals surface area contributed by atoms with Crippen LogP contribution >= 0.6 is 0 Å². The molecule has 6 nitrogen and oxygen atoms in total. The van der Waals surface area contributed by atoms with E-state index in [2.05, 4.69) is 5.32 Å². The number of hydrogen-bond donors (Lipinski definition) is 1. The van der Waals surface area contributed by atoms with Gasteiger partial charge in [0.15, 0.2) is 11.5 Å². The first-order valence-electron chi connectivity index (χ1n) is 7.63. The highest BCUT2D eigenvalue weighted by molar-refractivity contribution is 7.89. The Morgan fingerprint density at radius 3 is 2.68 bits per heavy atom. The number of benzene rings is 1. The lowest BCUT2D eigenvalue weighted by Crippen LogP contribution is -2.56. The van der Waals surface area contributed by atoms with E-state index in [4.69, 9.17) is 9.47 Å². The van der Waals surface area contributed by atoms with Crippen LogP contribution in [0.3, 0.4) is 0 Å². The average molecular weight is 326 g/mol. The Bertz CT molecular complexity index is 647. The Hall–Kier alpha value is -1.31. The molecule has 2 aliphatic rings. The fourth-order valence-corrected chi connectivity index (χ4v) is 4.50. The number of nitrogens with one attached hydrogen (secondary N) is 1. The zero-order valence-corrected chi connectivity index (χ0v) is 13.7. The van der Waals surface area contributed by atoms with Crippen LogP contribution in [-0.4, -0.2) is 51.1 Å². The van der Waals surface area contributed by atoms with Crippen LogP contribution < -0.4 is 14.8 Å². The number of nitrogens with zero attached hydrogens (tertiary/aromatic N) is 1. The average Bonchev–Trinajstić information content (AvgIpc) is 2.74. The van der Waals surface area contributed by atoms with Crippen LogP contribution in [0.2, 0.25) is 0 Å². The van der Waals surface area contributed by atoms with Crippen LogP contribution in [0.15, 0.2) is 23.1 Å². The molecule has 0 amide bonds. The van der Waals surface area contributed by atoms with E-state index in [9.17, 15) is 8.42 Å². The molecule has 2 atom stereocenters. The third-order valence-corrected chi connectivity index (χ3v) is 6.01. The predicted octanol–water partition coefficient (Wildman–Crippen LogP) is 1.22. The number of sulfonamides is 1. The second-order valence-electron chi connectivity index (χ2n) is 5.89. The molecular formula is C15H22N2O4S. The van der Waals surface area contributed by atoms with Gasteiger partial charge in [0.1, 0.15) is 0 Å². The topological polar surface area (TPSA) is 67.9 Å². The quantitative estimate of drug-likeness (QED) is 0.885. The van der Waals surface area contributed by atoms with E-state index in [0.29, 0.717) is 37.8 Å². The molecule has 1 fully saturated rings. The first kappa shape index (κ1) is 15.6. The molecule has 0 bridgehead atoms. The first-order valence-corrected chi connectivity index (χ1v) is 9.07. The van der Waals surface area contributed by atoms with Crippen molar-refractivity contribution in [1.29, 1.82) is 0 Å². The molecule has 0 radical (unpaired) electrons. The third kappa shape index (κ3) is 2.93. The molecule has 3 rings (SSSR count). The van der Waals surface area contributed by atoms with Gasteiger partial charge < -0.3 is 14.8 Å². The molecule has 2 aliphatic heterocycles. The van der Waals surface area contributed by atoms with Gasteiger partial charge in [-0.15, -0.1) is 0 Å². The van der Waals surface area contributed by atoms with Crippen LogP contribution in [0.5, 0.6) is 11.5 Å². The Labute approximate surface area is 131 Å². The van der Waals surface area contributed by atoms with Gasteiger partial charge >= 0.3 is 0 Å². The van der Waals surface area contributed by atoms with Crippen molar-refractivity contribution in [2.24, 2.45) is 0 Å².